The fourth-order valence-corrected chi connectivity index (χ4v) is 7.03. The summed E-state index contributed by atoms with van der Waals surface area (Å²) in [5, 5.41) is 13.8. The molecule has 0 aliphatic rings. The maximum Gasteiger partial charge on any atom is 0.338 e. The topological polar surface area (TPSA) is 103 Å². The molecule has 0 heterocycles. The van der Waals surface area contributed by atoms with E-state index in [9.17, 15) is 14.7 Å². The van der Waals surface area contributed by atoms with E-state index in [1.165, 1.54) is 7.05 Å². The molecule has 3 aromatic carbocycles. The fourth-order valence-electron chi connectivity index (χ4n) is 4.33. The summed E-state index contributed by atoms with van der Waals surface area (Å²) in [5.74, 6) is 0.997. The molecule has 0 spiro atoms. The van der Waals surface area contributed by atoms with Gasteiger partial charge in [-0.15, -0.1) is 23.5 Å². The van der Waals surface area contributed by atoms with Crippen LogP contribution in [0.1, 0.15) is 35.3 Å². The lowest BCUT2D eigenvalue weighted by atomic mass is 10.0. The number of likely N-dealkylation sites (N-methyl/N-ethyl adjacent to an activating group) is 1. The van der Waals surface area contributed by atoms with Gasteiger partial charge >= 0.3 is 5.97 Å². The number of ether oxygens (including phenoxy) is 4. The predicted molar refractivity (Wildman–Crippen MR) is 172 cm³/mol. The number of methoxy groups -OCH3 is 1. The Labute approximate surface area is 262 Å². The lowest BCUT2D eigenvalue weighted by Gasteiger charge is -2.38. The lowest BCUT2D eigenvalue weighted by Crippen LogP contribution is -2.55. The van der Waals surface area contributed by atoms with Crippen LogP contribution in [0.15, 0.2) is 84.9 Å². The van der Waals surface area contributed by atoms with Gasteiger partial charge in [0, 0.05) is 7.05 Å². The molecule has 0 aromatic heterocycles. The van der Waals surface area contributed by atoms with Crippen molar-refractivity contribution in [1.82, 2.24) is 5.32 Å². The van der Waals surface area contributed by atoms with Gasteiger partial charge in [-0.1, -0.05) is 74.5 Å². The van der Waals surface area contributed by atoms with E-state index in [-0.39, 0.29) is 17.8 Å². The summed E-state index contributed by atoms with van der Waals surface area (Å²) in [6, 6.07) is 25.5. The number of thioether (sulfide) groups is 2. The van der Waals surface area contributed by atoms with Crippen LogP contribution in [-0.2, 0) is 32.2 Å². The van der Waals surface area contributed by atoms with Gasteiger partial charge in [0.25, 0.3) is 5.91 Å². The van der Waals surface area contributed by atoms with Crippen LogP contribution in [0.5, 0.6) is 5.75 Å². The van der Waals surface area contributed by atoms with Crippen LogP contribution in [0.4, 0.5) is 0 Å². The monoisotopic (exact) mass is 627 g/mol. The van der Waals surface area contributed by atoms with Crippen molar-refractivity contribution < 1.29 is 33.6 Å². The van der Waals surface area contributed by atoms with E-state index in [0.29, 0.717) is 5.56 Å². The molecule has 0 fully saturated rings. The number of aliphatic hydroxyl groups is 1. The fraction of sp³-hybridized carbons (Fsp3) is 0.394. The molecule has 0 saturated carbocycles. The van der Waals surface area contributed by atoms with E-state index >= 15 is 0 Å². The second-order valence-corrected chi connectivity index (χ2v) is 12.6. The van der Waals surface area contributed by atoms with Crippen molar-refractivity contribution in [2.75, 3.05) is 25.7 Å². The zero-order chi connectivity index (χ0) is 31.0. The summed E-state index contributed by atoms with van der Waals surface area (Å²) in [5.41, 5.74) is 2.05. The molecule has 0 unspecified atom stereocenters. The summed E-state index contributed by atoms with van der Waals surface area (Å²) in [7, 11) is 3.04. The van der Waals surface area contributed by atoms with Crippen LogP contribution in [-0.4, -0.2) is 71.6 Å². The van der Waals surface area contributed by atoms with Crippen molar-refractivity contribution in [2.45, 2.75) is 56.1 Å². The van der Waals surface area contributed by atoms with Crippen LogP contribution in [0.2, 0.25) is 0 Å². The van der Waals surface area contributed by atoms with E-state index in [2.05, 4.69) is 5.32 Å². The van der Waals surface area contributed by atoms with E-state index in [0.717, 1.165) is 28.4 Å². The molecule has 3 aromatic rings. The smallest absolute Gasteiger partial charge is 0.338 e. The van der Waals surface area contributed by atoms with Crippen molar-refractivity contribution in [1.29, 1.82) is 0 Å². The van der Waals surface area contributed by atoms with Crippen LogP contribution in [0, 0.1) is 0 Å². The molecular weight excluding hydrogens is 586 g/mol. The maximum atomic E-state index is 13.5. The number of amides is 1. The largest absolute Gasteiger partial charge is 0.497 e. The van der Waals surface area contributed by atoms with Gasteiger partial charge in [0.2, 0.25) is 0 Å². The lowest BCUT2D eigenvalue weighted by molar-refractivity contribution is -0.166. The number of hydrogen-bond acceptors (Lipinski definition) is 9. The molecule has 0 bridgehead atoms. The summed E-state index contributed by atoms with van der Waals surface area (Å²) >= 11 is 3.30. The van der Waals surface area contributed by atoms with E-state index < -0.39 is 36.3 Å². The highest BCUT2D eigenvalue weighted by molar-refractivity contribution is 8.17. The Balaban J connectivity index is 2.06. The highest BCUT2D eigenvalue weighted by atomic mass is 32.2. The molecule has 1 amide bonds. The van der Waals surface area contributed by atoms with Gasteiger partial charge in [0.05, 0.1) is 30.5 Å². The van der Waals surface area contributed by atoms with Crippen molar-refractivity contribution >= 4 is 35.4 Å². The second kappa shape index (κ2) is 18.6. The first-order chi connectivity index (χ1) is 20.9. The minimum Gasteiger partial charge on any atom is -0.497 e. The predicted octanol–water partition coefficient (Wildman–Crippen LogP) is 5.33. The number of esters is 1. The van der Waals surface area contributed by atoms with Crippen LogP contribution < -0.4 is 10.1 Å². The van der Waals surface area contributed by atoms with Crippen molar-refractivity contribution in [3.63, 3.8) is 0 Å². The van der Waals surface area contributed by atoms with Gasteiger partial charge in [-0.25, -0.2) is 4.79 Å². The molecule has 3 rings (SSSR count). The molecule has 2 N–H and O–H groups in total. The van der Waals surface area contributed by atoms with Gasteiger partial charge in [-0.3, -0.25) is 4.79 Å². The summed E-state index contributed by atoms with van der Waals surface area (Å²) in [4.78, 5) is 26.4. The Morgan fingerprint density at radius 1 is 0.767 bits per heavy atom. The number of carbonyl (C=O) groups excluding carboxylic acids is 2. The number of aliphatic hydroxyl groups excluding tert-OH is 1. The van der Waals surface area contributed by atoms with Crippen molar-refractivity contribution in [3.8, 4) is 5.75 Å². The zero-order valence-corrected chi connectivity index (χ0v) is 26.6. The van der Waals surface area contributed by atoms with E-state index in [1.807, 2.05) is 74.5 Å². The highest BCUT2D eigenvalue weighted by Crippen LogP contribution is 2.34. The molecule has 8 nitrogen and oxygen atoms in total. The standard InChI is InChI=1S/C33H41NO7S2/c1-5-42-33(43-6-2)30(40-22-24-17-19-26(38-4)20-18-24)29(41-32(37)25-15-11-8-12-16-25)28(27(35)31(36)34-3)39-21-23-13-9-7-10-14-23/h7-20,27-30,33,35H,5-6,21-22H2,1-4H3,(H,34,36)/t27-,28-,29+,30-/m1/s1. The summed E-state index contributed by atoms with van der Waals surface area (Å²) in [6.07, 6.45) is -4.80. The van der Waals surface area contributed by atoms with Crippen molar-refractivity contribution in [3.05, 3.63) is 102 Å². The second-order valence-electron chi connectivity index (χ2n) is 9.46. The number of hydrogen-bond donors (Lipinski definition) is 2. The average Bonchev–Trinajstić information content (AvgIpc) is 3.05. The number of nitrogens with one attached hydrogen (secondary N) is 1. The Morgan fingerprint density at radius 3 is 1.84 bits per heavy atom. The normalized spacial score (nSPS) is 14.0. The minimum atomic E-state index is -1.65. The first kappa shape index (κ1) is 34.5. The third-order valence-corrected chi connectivity index (χ3v) is 9.22. The average molecular weight is 628 g/mol. The molecule has 0 aliphatic carbocycles. The van der Waals surface area contributed by atoms with Crippen LogP contribution in [0.3, 0.4) is 0 Å². The Kier molecular flexibility index (Phi) is 14.9. The molecule has 0 saturated heterocycles. The third-order valence-electron chi connectivity index (χ3n) is 6.54. The molecular formula is C33H41NO7S2. The number of carbonyl (C=O) groups is 2. The zero-order valence-electron chi connectivity index (χ0n) is 25.0. The van der Waals surface area contributed by atoms with Crippen molar-refractivity contribution in [2.24, 2.45) is 0 Å². The maximum absolute atomic E-state index is 13.5. The summed E-state index contributed by atoms with van der Waals surface area (Å²) in [6.45, 7) is 4.36. The summed E-state index contributed by atoms with van der Waals surface area (Å²) < 4.78 is 24.1. The SMILES string of the molecule is CCSC(SCC)[C@H](OCc1ccc(OC)cc1)[C@@H](OC(=O)c1ccccc1)[C@H](OCc1ccccc1)[C@@H](O)C(=O)NC. The minimum absolute atomic E-state index is 0.0800. The van der Waals surface area contributed by atoms with Crippen LogP contribution in [0.25, 0.3) is 0 Å². The Hall–Kier alpha value is -3.02. The number of rotatable bonds is 18. The third kappa shape index (κ3) is 10.6. The van der Waals surface area contributed by atoms with Gasteiger partial charge in [0.15, 0.2) is 12.2 Å². The highest BCUT2D eigenvalue weighted by Gasteiger charge is 2.45. The van der Waals surface area contributed by atoms with E-state index in [4.69, 9.17) is 18.9 Å². The number of benzene rings is 3. The molecule has 10 heteroatoms. The quantitative estimate of drug-likeness (QED) is 0.143. The molecule has 0 aliphatic heterocycles. The molecule has 4 atom stereocenters. The van der Waals surface area contributed by atoms with E-state index in [1.54, 1.807) is 54.9 Å². The van der Waals surface area contributed by atoms with Gasteiger partial charge in [-0.05, 0) is 46.9 Å². The van der Waals surface area contributed by atoms with Gasteiger partial charge in [0.1, 0.15) is 18.0 Å². The molecule has 43 heavy (non-hydrogen) atoms. The first-order valence-corrected chi connectivity index (χ1v) is 16.3. The molecule has 232 valence electrons. The first-order valence-electron chi connectivity index (χ1n) is 14.2. The Bertz CT molecular complexity index is 1230. The molecule has 0 radical (unpaired) electrons. The van der Waals surface area contributed by atoms with Gasteiger partial charge in [-0.2, -0.15) is 0 Å². The van der Waals surface area contributed by atoms with Crippen LogP contribution >= 0.6 is 23.5 Å². The Morgan fingerprint density at radius 2 is 1.30 bits per heavy atom. The van der Waals surface area contributed by atoms with Gasteiger partial charge < -0.3 is 29.4 Å².